The number of fused-ring (bicyclic) bond motifs is 1. The molecule has 2 nitrogen and oxygen atoms in total. The van der Waals surface area contributed by atoms with E-state index >= 15 is 0 Å². The van der Waals surface area contributed by atoms with Crippen LogP contribution < -0.4 is 0 Å². The molecule has 0 saturated carbocycles. The van der Waals surface area contributed by atoms with Gasteiger partial charge in [-0.25, -0.2) is 4.79 Å². The molecular weight excluding hydrogens is 164 g/mol. The van der Waals surface area contributed by atoms with E-state index < -0.39 is 5.97 Å². The van der Waals surface area contributed by atoms with Gasteiger partial charge in [0.15, 0.2) is 0 Å². The van der Waals surface area contributed by atoms with E-state index in [0.29, 0.717) is 5.56 Å². The van der Waals surface area contributed by atoms with Crippen molar-refractivity contribution in [2.45, 2.75) is 12.8 Å². The number of rotatable bonds is 1. The molecule has 0 aliphatic heterocycles. The third-order valence-electron chi connectivity index (χ3n) is 2.46. The number of carboxylic acids is 1. The molecule has 1 N–H and O–H groups in total. The lowest BCUT2D eigenvalue weighted by Crippen LogP contribution is -2.01. The Labute approximate surface area is 76.5 Å². The van der Waals surface area contributed by atoms with Gasteiger partial charge in [0.1, 0.15) is 0 Å². The van der Waals surface area contributed by atoms with Crippen molar-refractivity contribution in [3.05, 3.63) is 41.5 Å². The Morgan fingerprint density at radius 3 is 2.85 bits per heavy atom. The zero-order valence-corrected chi connectivity index (χ0v) is 7.21. The Bertz CT molecular complexity index is 391. The van der Waals surface area contributed by atoms with Gasteiger partial charge in [-0.15, -0.1) is 0 Å². The highest BCUT2D eigenvalue weighted by atomic mass is 16.4. The Balaban J connectivity index is 2.63. The van der Waals surface area contributed by atoms with Crippen molar-refractivity contribution >= 4 is 11.5 Å². The van der Waals surface area contributed by atoms with Crippen molar-refractivity contribution < 1.29 is 9.90 Å². The first-order valence-electron chi connectivity index (χ1n) is 4.23. The van der Waals surface area contributed by atoms with Gasteiger partial charge in [0, 0.05) is 0 Å². The molecule has 0 atom stereocenters. The Hall–Kier alpha value is -1.57. The van der Waals surface area contributed by atoms with Crippen LogP contribution in [0.2, 0.25) is 0 Å². The van der Waals surface area contributed by atoms with Crippen molar-refractivity contribution in [1.29, 1.82) is 0 Å². The molecular formula is C11H10O2. The van der Waals surface area contributed by atoms with Gasteiger partial charge in [-0.05, 0) is 35.6 Å². The molecule has 66 valence electrons. The molecule has 2 heteroatoms. The first-order chi connectivity index (χ1) is 6.20. The smallest absolute Gasteiger partial charge is 0.335 e. The van der Waals surface area contributed by atoms with Crippen LogP contribution in [0.4, 0.5) is 0 Å². The second-order valence-electron chi connectivity index (χ2n) is 3.24. The van der Waals surface area contributed by atoms with Crippen LogP contribution in [0, 0.1) is 0 Å². The molecule has 0 aromatic heterocycles. The molecule has 2 rings (SSSR count). The van der Waals surface area contributed by atoms with Crippen molar-refractivity contribution in [2.75, 3.05) is 0 Å². The summed E-state index contributed by atoms with van der Waals surface area (Å²) in [6.07, 6.45) is 1.70. The predicted octanol–water partition coefficient (Wildman–Crippen LogP) is 2.34. The topological polar surface area (TPSA) is 37.3 Å². The number of hydrogen-bond donors (Lipinski definition) is 1. The summed E-state index contributed by atoms with van der Waals surface area (Å²) in [5, 5.41) is 8.91. The maximum Gasteiger partial charge on any atom is 0.335 e. The summed E-state index contributed by atoms with van der Waals surface area (Å²) in [5.41, 5.74) is 3.45. The SMILES string of the molecule is C=C1CCc2c1cccc2C(=O)O. The normalized spacial score (nSPS) is 14.3. The molecule has 0 unspecified atom stereocenters. The molecule has 1 aliphatic rings. The van der Waals surface area contributed by atoms with Gasteiger partial charge >= 0.3 is 5.97 Å². The molecule has 13 heavy (non-hydrogen) atoms. The van der Waals surface area contributed by atoms with Gasteiger partial charge in [-0.2, -0.15) is 0 Å². The molecule has 1 aromatic rings. The summed E-state index contributed by atoms with van der Waals surface area (Å²) in [6.45, 7) is 3.90. The van der Waals surface area contributed by atoms with Crippen LogP contribution in [0.1, 0.15) is 27.9 Å². The van der Waals surface area contributed by atoms with Crippen LogP contribution in [0.15, 0.2) is 24.8 Å². The fourth-order valence-electron chi connectivity index (χ4n) is 1.80. The van der Waals surface area contributed by atoms with E-state index in [2.05, 4.69) is 6.58 Å². The third kappa shape index (κ3) is 1.15. The molecule has 1 aliphatic carbocycles. The standard InChI is InChI=1S/C11H10O2/c1-7-5-6-9-8(7)3-2-4-10(9)11(12)13/h2-4H,1,5-6H2,(H,12,13). The van der Waals surface area contributed by atoms with Crippen molar-refractivity contribution in [3.63, 3.8) is 0 Å². The number of allylic oxidation sites excluding steroid dienone is 1. The Morgan fingerprint density at radius 1 is 1.38 bits per heavy atom. The molecule has 0 radical (unpaired) electrons. The molecule has 0 heterocycles. The minimum Gasteiger partial charge on any atom is -0.478 e. The summed E-state index contributed by atoms with van der Waals surface area (Å²) in [7, 11) is 0. The van der Waals surface area contributed by atoms with Gasteiger partial charge in [-0.1, -0.05) is 18.7 Å². The van der Waals surface area contributed by atoms with Gasteiger partial charge in [0.05, 0.1) is 5.56 Å². The van der Waals surface area contributed by atoms with E-state index in [0.717, 1.165) is 29.5 Å². The quantitative estimate of drug-likeness (QED) is 0.709. The van der Waals surface area contributed by atoms with Crippen LogP contribution in [-0.4, -0.2) is 11.1 Å². The van der Waals surface area contributed by atoms with Crippen molar-refractivity contribution in [3.8, 4) is 0 Å². The fourth-order valence-corrected chi connectivity index (χ4v) is 1.80. The molecule has 0 amide bonds. The first-order valence-corrected chi connectivity index (χ1v) is 4.23. The van der Waals surface area contributed by atoms with Gasteiger partial charge < -0.3 is 5.11 Å². The van der Waals surface area contributed by atoms with Gasteiger partial charge in [0.25, 0.3) is 0 Å². The second kappa shape index (κ2) is 2.73. The summed E-state index contributed by atoms with van der Waals surface area (Å²) in [4.78, 5) is 10.8. The van der Waals surface area contributed by atoms with E-state index in [1.165, 1.54) is 0 Å². The monoisotopic (exact) mass is 174 g/mol. The molecule has 0 saturated heterocycles. The largest absolute Gasteiger partial charge is 0.478 e. The number of hydrogen-bond acceptors (Lipinski definition) is 1. The lowest BCUT2D eigenvalue weighted by molar-refractivity contribution is 0.0696. The highest BCUT2D eigenvalue weighted by Crippen LogP contribution is 2.32. The number of benzene rings is 1. The van der Waals surface area contributed by atoms with Crippen molar-refractivity contribution in [2.24, 2.45) is 0 Å². The average molecular weight is 174 g/mol. The molecule has 0 bridgehead atoms. The van der Waals surface area contributed by atoms with E-state index in [1.54, 1.807) is 12.1 Å². The Kier molecular flexibility index (Phi) is 1.69. The van der Waals surface area contributed by atoms with Crippen LogP contribution in [0.25, 0.3) is 5.57 Å². The molecule has 1 aromatic carbocycles. The average Bonchev–Trinajstić information content (AvgIpc) is 2.48. The minimum absolute atomic E-state index is 0.427. The Morgan fingerprint density at radius 2 is 2.15 bits per heavy atom. The van der Waals surface area contributed by atoms with Crippen LogP contribution in [0.5, 0.6) is 0 Å². The fraction of sp³-hybridized carbons (Fsp3) is 0.182. The second-order valence-corrected chi connectivity index (χ2v) is 3.24. The summed E-state index contributed by atoms with van der Waals surface area (Å²) in [6, 6.07) is 5.37. The zero-order valence-electron chi connectivity index (χ0n) is 7.21. The maximum absolute atomic E-state index is 10.8. The van der Waals surface area contributed by atoms with Gasteiger partial charge in [-0.3, -0.25) is 0 Å². The number of carbonyl (C=O) groups is 1. The van der Waals surface area contributed by atoms with Crippen LogP contribution >= 0.6 is 0 Å². The maximum atomic E-state index is 10.8. The lowest BCUT2D eigenvalue weighted by atomic mass is 10.0. The first kappa shape index (κ1) is 8.05. The minimum atomic E-state index is -0.841. The zero-order chi connectivity index (χ0) is 9.42. The molecule has 0 fully saturated rings. The summed E-state index contributed by atoms with van der Waals surface area (Å²) in [5.74, 6) is -0.841. The third-order valence-corrected chi connectivity index (χ3v) is 2.46. The van der Waals surface area contributed by atoms with E-state index in [-0.39, 0.29) is 0 Å². The van der Waals surface area contributed by atoms with Crippen LogP contribution in [-0.2, 0) is 6.42 Å². The summed E-state index contributed by atoms with van der Waals surface area (Å²) >= 11 is 0. The van der Waals surface area contributed by atoms with E-state index in [1.807, 2.05) is 6.07 Å². The molecule has 0 spiro atoms. The number of aromatic carboxylic acids is 1. The highest BCUT2D eigenvalue weighted by Gasteiger charge is 2.20. The predicted molar refractivity (Wildman–Crippen MR) is 50.8 cm³/mol. The summed E-state index contributed by atoms with van der Waals surface area (Å²) < 4.78 is 0. The van der Waals surface area contributed by atoms with Crippen LogP contribution in [0.3, 0.4) is 0 Å². The van der Waals surface area contributed by atoms with Crippen molar-refractivity contribution in [1.82, 2.24) is 0 Å². The van der Waals surface area contributed by atoms with E-state index in [9.17, 15) is 4.79 Å². The van der Waals surface area contributed by atoms with Gasteiger partial charge in [0.2, 0.25) is 0 Å². The van der Waals surface area contributed by atoms with E-state index in [4.69, 9.17) is 5.11 Å². The highest BCUT2D eigenvalue weighted by molar-refractivity contribution is 5.92. The number of carboxylic acid groups (broad SMARTS) is 1. The lowest BCUT2D eigenvalue weighted by Gasteiger charge is -2.02.